The summed E-state index contributed by atoms with van der Waals surface area (Å²) in [6.07, 6.45) is 6.06. The van der Waals surface area contributed by atoms with Crippen molar-refractivity contribution in [3.8, 4) is 0 Å². The summed E-state index contributed by atoms with van der Waals surface area (Å²) in [5.41, 5.74) is 0.495. The SMILES string of the molecule is CCOC(=O)c1ccc(N2CCCC(c3nnc4n3CCC4)C2)nc1. The Hall–Kier alpha value is -2.44. The molecule has 2 aromatic heterocycles. The molecule has 1 saturated heterocycles. The van der Waals surface area contributed by atoms with Gasteiger partial charge in [-0.1, -0.05) is 0 Å². The van der Waals surface area contributed by atoms with Crippen LogP contribution in [0.15, 0.2) is 18.3 Å². The van der Waals surface area contributed by atoms with Gasteiger partial charge in [0.05, 0.1) is 12.2 Å². The van der Waals surface area contributed by atoms with Crippen LogP contribution in [-0.4, -0.2) is 45.4 Å². The maximum absolute atomic E-state index is 11.8. The van der Waals surface area contributed by atoms with Crippen molar-refractivity contribution in [1.29, 1.82) is 0 Å². The minimum absolute atomic E-state index is 0.322. The first-order chi connectivity index (χ1) is 12.3. The number of anilines is 1. The van der Waals surface area contributed by atoms with E-state index in [2.05, 4.69) is 24.6 Å². The first-order valence-corrected chi connectivity index (χ1v) is 9.06. The lowest BCUT2D eigenvalue weighted by atomic mass is 9.97. The molecule has 0 radical (unpaired) electrons. The maximum atomic E-state index is 11.8. The number of ether oxygens (including phenoxy) is 1. The Balaban J connectivity index is 1.48. The molecule has 0 bridgehead atoms. The number of piperidine rings is 1. The van der Waals surface area contributed by atoms with E-state index < -0.39 is 0 Å². The van der Waals surface area contributed by atoms with Gasteiger partial charge in [-0.15, -0.1) is 10.2 Å². The molecule has 0 aliphatic carbocycles. The van der Waals surface area contributed by atoms with Crippen LogP contribution in [0.1, 0.15) is 54.1 Å². The van der Waals surface area contributed by atoms with Crippen molar-refractivity contribution in [3.63, 3.8) is 0 Å². The molecule has 2 aliphatic rings. The highest BCUT2D eigenvalue weighted by Gasteiger charge is 2.28. The van der Waals surface area contributed by atoms with E-state index in [1.54, 1.807) is 19.2 Å². The molecule has 2 aromatic rings. The molecule has 7 nitrogen and oxygen atoms in total. The Morgan fingerprint density at radius 1 is 1.28 bits per heavy atom. The number of carbonyl (C=O) groups is 1. The fourth-order valence-corrected chi connectivity index (χ4v) is 3.78. The van der Waals surface area contributed by atoms with Crippen molar-refractivity contribution in [1.82, 2.24) is 19.7 Å². The average molecular weight is 341 g/mol. The standard InChI is InChI=1S/C18H23N5O2/c1-2-25-18(24)13-7-8-15(19-11-13)22-9-3-5-14(12-22)17-21-20-16-6-4-10-23(16)17/h7-8,11,14H,2-6,9-10,12H2,1H3. The normalized spacial score (nSPS) is 19.7. The van der Waals surface area contributed by atoms with Crippen LogP contribution in [0.25, 0.3) is 0 Å². The van der Waals surface area contributed by atoms with Crippen LogP contribution in [0.5, 0.6) is 0 Å². The predicted molar refractivity (Wildman–Crippen MR) is 92.7 cm³/mol. The third kappa shape index (κ3) is 3.10. The monoisotopic (exact) mass is 341 g/mol. The van der Waals surface area contributed by atoms with Gasteiger partial charge in [-0.25, -0.2) is 9.78 Å². The van der Waals surface area contributed by atoms with E-state index in [1.807, 2.05) is 6.07 Å². The molecule has 1 atom stereocenters. The van der Waals surface area contributed by atoms with E-state index >= 15 is 0 Å². The number of esters is 1. The van der Waals surface area contributed by atoms with E-state index in [0.29, 0.717) is 18.1 Å². The molecule has 2 aliphatic heterocycles. The number of hydrogen-bond donors (Lipinski definition) is 0. The Labute approximate surface area is 147 Å². The van der Waals surface area contributed by atoms with Gasteiger partial charge in [-0.3, -0.25) is 0 Å². The summed E-state index contributed by atoms with van der Waals surface area (Å²) in [6, 6.07) is 3.70. The second-order valence-electron chi connectivity index (χ2n) is 6.64. The van der Waals surface area contributed by atoms with Crippen LogP contribution in [0, 0.1) is 0 Å². The molecule has 1 unspecified atom stereocenters. The van der Waals surface area contributed by atoms with Crippen molar-refractivity contribution >= 4 is 11.8 Å². The lowest BCUT2D eigenvalue weighted by Gasteiger charge is -2.33. The Kier molecular flexibility index (Phi) is 4.38. The molecular formula is C18H23N5O2. The second-order valence-corrected chi connectivity index (χ2v) is 6.64. The molecule has 0 aromatic carbocycles. The fraction of sp³-hybridized carbons (Fsp3) is 0.556. The zero-order chi connectivity index (χ0) is 17.2. The molecule has 7 heteroatoms. The first-order valence-electron chi connectivity index (χ1n) is 9.06. The molecule has 132 valence electrons. The number of aryl methyl sites for hydroxylation is 1. The molecule has 0 N–H and O–H groups in total. The van der Waals surface area contributed by atoms with Crippen LogP contribution in [0.2, 0.25) is 0 Å². The van der Waals surface area contributed by atoms with E-state index in [-0.39, 0.29) is 5.97 Å². The van der Waals surface area contributed by atoms with E-state index in [1.165, 1.54) is 6.42 Å². The minimum atomic E-state index is -0.322. The smallest absolute Gasteiger partial charge is 0.339 e. The summed E-state index contributed by atoms with van der Waals surface area (Å²) < 4.78 is 7.31. The number of hydrogen-bond acceptors (Lipinski definition) is 6. The van der Waals surface area contributed by atoms with Gasteiger partial charge in [0.1, 0.15) is 17.5 Å². The average Bonchev–Trinajstić information content (AvgIpc) is 3.26. The van der Waals surface area contributed by atoms with Crippen LogP contribution >= 0.6 is 0 Å². The van der Waals surface area contributed by atoms with Crippen molar-refractivity contribution in [3.05, 3.63) is 35.5 Å². The quantitative estimate of drug-likeness (QED) is 0.794. The number of aromatic nitrogens is 4. The lowest BCUT2D eigenvalue weighted by Crippen LogP contribution is -2.36. The van der Waals surface area contributed by atoms with Crippen LogP contribution < -0.4 is 4.90 Å². The van der Waals surface area contributed by atoms with Crippen LogP contribution in [0.4, 0.5) is 5.82 Å². The maximum Gasteiger partial charge on any atom is 0.339 e. The molecule has 1 fully saturated rings. The van der Waals surface area contributed by atoms with Crippen LogP contribution in [0.3, 0.4) is 0 Å². The molecule has 0 spiro atoms. The second kappa shape index (κ2) is 6.82. The molecular weight excluding hydrogens is 318 g/mol. The third-order valence-corrected chi connectivity index (χ3v) is 5.01. The van der Waals surface area contributed by atoms with Gasteiger partial charge in [0.25, 0.3) is 0 Å². The highest BCUT2D eigenvalue weighted by molar-refractivity contribution is 5.89. The van der Waals surface area contributed by atoms with E-state index in [0.717, 1.165) is 56.4 Å². The largest absolute Gasteiger partial charge is 0.462 e. The Bertz CT molecular complexity index is 755. The van der Waals surface area contributed by atoms with E-state index in [9.17, 15) is 4.79 Å². The zero-order valence-electron chi connectivity index (χ0n) is 14.5. The molecule has 0 amide bonds. The summed E-state index contributed by atoms with van der Waals surface area (Å²) in [4.78, 5) is 18.5. The fourth-order valence-electron chi connectivity index (χ4n) is 3.78. The van der Waals surface area contributed by atoms with Crippen LogP contribution in [-0.2, 0) is 17.7 Å². The molecule has 4 heterocycles. The number of rotatable bonds is 4. The third-order valence-electron chi connectivity index (χ3n) is 5.01. The minimum Gasteiger partial charge on any atom is -0.462 e. The molecule has 0 saturated carbocycles. The molecule has 4 rings (SSSR count). The van der Waals surface area contributed by atoms with E-state index in [4.69, 9.17) is 4.74 Å². The highest BCUT2D eigenvalue weighted by Crippen LogP contribution is 2.30. The van der Waals surface area contributed by atoms with Gasteiger partial charge in [0.15, 0.2) is 0 Å². The summed E-state index contributed by atoms with van der Waals surface area (Å²) in [6.45, 7) is 5.08. The van der Waals surface area contributed by atoms with Crippen molar-refractivity contribution < 1.29 is 9.53 Å². The molecule has 25 heavy (non-hydrogen) atoms. The van der Waals surface area contributed by atoms with Gasteiger partial charge < -0.3 is 14.2 Å². The highest BCUT2D eigenvalue weighted by atomic mass is 16.5. The Morgan fingerprint density at radius 3 is 3.00 bits per heavy atom. The van der Waals surface area contributed by atoms with Crippen molar-refractivity contribution in [2.45, 2.75) is 45.1 Å². The number of nitrogens with zero attached hydrogens (tertiary/aromatic N) is 5. The summed E-state index contributed by atoms with van der Waals surface area (Å²) in [5.74, 6) is 3.22. The summed E-state index contributed by atoms with van der Waals surface area (Å²) in [5, 5.41) is 8.80. The van der Waals surface area contributed by atoms with Gasteiger partial charge in [-0.2, -0.15) is 0 Å². The summed E-state index contributed by atoms with van der Waals surface area (Å²) in [7, 11) is 0. The number of pyridine rings is 1. The van der Waals surface area contributed by atoms with Crippen molar-refractivity contribution in [2.24, 2.45) is 0 Å². The van der Waals surface area contributed by atoms with Gasteiger partial charge in [0.2, 0.25) is 0 Å². The number of fused-ring (bicyclic) bond motifs is 1. The Morgan fingerprint density at radius 2 is 2.20 bits per heavy atom. The zero-order valence-corrected chi connectivity index (χ0v) is 14.5. The predicted octanol–water partition coefficient (Wildman–Crippen LogP) is 2.18. The lowest BCUT2D eigenvalue weighted by molar-refractivity contribution is 0.0526. The first kappa shape index (κ1) is 16.1. The van der Waals surface area contributed by atoms with Crippen molar-refractivity contribution in [2.75, 3.05) is 24.6 Å². The topological polar surface area (TPSA) is 73.1 Å². The van der Waals surface area contributed by atoms with Gasteiger partial charge in [-0.05, 0) is 38.3 Å². The summed E-state index contributed by atoms with van der Waals surface area (Å²) >= 11 is 0. The van der Waals surface area contributed by atoms with Gasteiger partial charge >= 0.3 is 5.97 Å². The number of carbonyl (C=O) groups excluding carboxylic acids is 1. The van der Waals surface area contributed by atoms with Gasteiger partial charge in [0, 0.05) is 38.2 Å².